The minimum atomic E-state index is -0.566. The highest BCUT2D eigenvalue weighted by Crippen LogP contribution is 2.19. The van der Waals surface area contributed by atoms with Crippen LogP contribution in [0.3, 0.4) is 0 Å². The van der Waals surface area contributed by atoms with Gasteiger partial charge in [0.2, 0.25) is 0 Å². The second-order valence-corrected chi connectivity index (χ2v) is 5.07. The molecular weight excluding hydrogens is 288 g/mol. The van der Waals surface area contributed by atoms with Crippen molar-refractivity contribution in [2.24, 2.45) is 0 Å². The van der Waals surface area contributed by atoms with Gasteiger partial charge < -0.3 is 10.1 Å². The highest BCUT2D eigenvalue weighted by atomic mass is 35.5. The van der Waals surface area contributed by atoms with Crippen LogP contribution in [0.15, 0.2) is 42.6 Å². The molecular formula is C16H17ClN2O2. The predicted octanol–water partition coefficient (Wildman–Crippen LogP) is 3.84. The Morgan fingerprint density at radius 1 is 1.33 bits per heavy atom. The molecule has 2 rings (SSSR count). The van der Waals surface area contributed by atoms with E-state index >= 15 is 0 Å². The summed E-state index contributed by atoms with van der Waals surface area (Å²) in [7, 11) is 0. The van der Waals surface area contributed by atoms with Gasteiger partial charge in [0.15, 0.2) is 6.10 Å². The zero-order valence-electron chi connectivity index (χ0n) is 12.0. The van der Waals surface area contributed by atoms with Crippen LogP contribution in [0.1, 0.15) is 18.9 Å². The molecule has 1 aromatic carbocycles. The predicted molar refractivity (Wildman–Crippen MR) is 83.8 cm³/mol. The highest BCUT2D eigenvalue weighted by molar-refractivity contribution is 6.30. The van der Waals surface area contributed by atoms with Crippen molar-refractivity contribution in [3.63, 3.8) is 0 Å². The molecule has 2 aromatic rings. The summed E-state index contributed by atoms with van der Waals surface area (Å²) < 4.78 is 5.79. The molecule has 1 aromatic heterocycles. The normalized spacial score (nSPS) is 11.8. The van der Waals surface area contributed by atoms with Crippen LogP contribution in [-0.4, -0.2) is 17.0 Å². The van der Waals surface area contributed by atoms with Crippen LogP contribution < -0.4 is 10.1 Å². The molecule has 1 amide bonds. The number of hydrogen-bond acceptors (Lipinski definition) is 3. The molecule has 110 valence electrons. The summed E-state index contributed by atoms with van der Waals surface area (Å²) in [6, 6.07) is 10.9. The van der Waals surface area contributed by atoms with E-state index < -0.39 is 6.10 Å². The van der Waals surface area contributed by atoms with Gasteiger partial charge in [0.05, 0.1) is 5.02 Å². The molecule has 0 saturated carbocycles. The Balaban J connectivity index is 2.05. The smallest absolute Gasteiger partial charge is 0.266 e. The van der Waals surface area contributed by atoms with Crippen molar-refractivity contribution in [2.75, 3.05) is 5.32 Å². The first kappa shape index (κ1) is 15.3. The van der Waals surface area contributed by atoms with Crippen molar-refractivity contribution >= 4 is 23.3 Å². The standard InChI is InChI=1S/C16H17ClN2O2/c1-3-13(21-14-7-5-4-6-11(14)2)16(20)19-15-9-8-12(17)10-18-15/h4-10,13H,3H2,1-2H3,(H,18,19,20)/t13-/m0/s1. The molecule has 0 fully saturated rings. The summed E-state index contributed by atoms with van der Waals surface area (Å²) in [5, 5.41) is 3.25. The Kier molecular flexibility index (Phi) is 5.17. The molecule has 21 heavy (non-hydrogen) atoms. The maximum atomic E-state index is 12.2. The van der Waals surface area contributed by atoms with Gasteiger partial charge in [-0.2, -0.15) is 0 Å². The summed E-state index contributed by atoms with van der Waals surface area (Å²) >= 11 is 5.76. The Bertz CT molecular complexity index is 614. The van der Waals surface area contributed by atoms with Crippen molar-refractivity contribution in [1.82, 2.24) is 4.98 Å². The average molecular weight is 305 g/mol. The lowest BCUT2D eigenvalue weighted by Crippen LogP contribution is -2.32. The number of carbonyl (C=O) groups excluding carboxylic acids is 1. The number of nitrogens with one attached hydrogen (secondary N) is 1. The van der Waals surface area contributed by atoms with Crippen molar-refractivity contribution < 1.29 is 9.53 Å². The summed E-state index contributed by atoms with van der Waals surface area (Å²) in [6.07, 6.45) is 1.48. The SMILES string of the molecule is CC[C@H](Oc1ccccc1C)C(=O)Nc1ccc(Cl)cn1. The zero-order chi connectivity index (χ0) is 15.2. The first-order valence-corrected chi connectivity index (χ1v) is 7.12. The Morgan fingerprint density at radius 3 is 2.71 bits per heavy atom. The molecule has 4 nitrogen and oxygen atoms in total. The quantitative estimate of drug-likeness (QED) is 0.913. The maximum Gasteiger partial charge on any atom is 0.266 e. The van der Waals surface area contributed by atoms with Gasteiger partial charge in [0, 0.05) is 6.20 Å². The number of hydrogen-bond donors (Lipinski definition) is 1. The van der Waals surface area contributed by atoms with Gasteiger partial charge in [-0.1, -0.05) is 36.7 Å². The first-order chi connectivity index (χ1) is 10.1. The molecule has 0 aliphatic heterocycles. The molecule has 1 N–H and O–H groups in total. The van der Waals surface area contributed by atoms with E-state index in [1.807, 2.05) is 38.1 Å². The highest BCUT2D eigenvalue weighted by Gasteiger charge is 2.19. The number of benzene rings is 1. The molecule has 1 atom stereocenters. The number of ether oxygens (including phenoxy) is 1. The number of carbonyl (C=O) groups is 1. The molecule has 0 bridgehead atoms. The van der Waals surface area contributed by atoms with E-state index in [1.54, 1.807) is 12.1 Å². The fourth-order valence-electron chi connectivity index (χ4n) is 1.82. The number of halogens is 1. The van der Waals surface area contributed by atoms with Crippen molar-refractivity contribution in [2.45, 2.75) is 26.4 Å². The average Bonchev–Trinajstić information content (AvgIpc) is 2.48. The molecule has 5 heteroatoms. The number of rotatable bonds is 5. The van der Waals surface area contributed by atoms with E-state index in [1.165, 1.54) is 6.20 Å². The van der Waals surface area contributed by atoms with E-state index in [9.17, 15) is 4.79 Å². The summed E-state index contributed by atoms with van der Waals surface area (Å²) in [5.41, 5.74) is 0.994. The molecule has 0 radical (unpaired) electrons. The molecule has 1 heterocycles. The van der Waals surface area contributed by atoms with Gasteiger partial charge in [-0.15, -0.1) is 0 Å². The third-order valence-corrected chi connectivity index (χ3v) is 3.23. The van der Waals surface area contributed by atoms with E-state index in [4.69, 9.17) is 16.3 Å². The van der Waals surface area contributed by atoms with Crippen LogP contribution in [0.4, 0.5) is 5.82 Å². The summed E-state index contributed by atoms with van der Waals surface area (Å²) in [5.74, 6) is 0.940. The first-order valence-electron chi connectivity index (χ1n) is 6.75. The van der Waals surface area contributed by atoms with Crippen LogP contribution in [0, 0.1) is 6.92 Å². The lowest BCUT2D eigenvalue weighted by Gasteiger charge is -2.18. The van der Waals surface area contributed by atoms with Crippen LogP contribution in [0.5, 0.6) is 5.75 Å². The third-order valence-electron chi connectivity index (χ3n) is 3.00. The van der Waals surface area contributed by atoms with Gasteiger partial charge in [-0.25, -0.2) is 4.98 Å². The zero-order valence-corrected chi connectivity index (χ0v) is 12.7. The number of aryl methyl sites for hydroxylation is 1. The minimum Gasteiger partial charge on any atom is -0.480 e. The number of nitrogens with zero attached hydrogens (tertiary/aromatic N) is 1. The molecule has 0 aliphatic carbocycles. The van der Waals surface area contributed by atoms with E-state index in [-0.39, 0.29) is 5.91 Å². The molecule has 0 aliphatic rings. The van der Waals surface area contributed by atoms with Crippen LogP contribution in [0.25, 0.3) is 0 Å². The Hall–Kier alpha value is -2.07. The van der Waals surface area contributed by atoms with E-state index in [0.29, 0.717) is 23.0 Å². The van der Waals surface area contributed by atoms with Crippen molar-refractivity contribution in [1.29, 1.82) is 0 Å². The Labute approximate surface area is 129 Å². The maximum absolute atomic E-state index is 12.2. The monoisotopic (exact) mass is 304 g/mol. The lowest BCUT2D eigenvalue weighted by molar-refractivity contribution is -0.122. The van der Waals surface area contributed by atoms with Gasteiger partial charge in [-0.3, -0.25) is 4.79 Å². The van der Waals surface area contributed by atoms with Gasteiger partial charge in [-0.05, 0) is 37.1 Å². The van der Waals surface area contributed by atoms with Crippen molar-refractivity contribution in [3.05, 3.63) is 53.2 Å². The number of para-hydroxylation sites is 1. The second-order valence-electron chi connectivity index (χ2n) is 4.63. The van der Waals surface area contributed by atoms with Gasteiger partial charge >= 0.3 is 0 Å². The number of amides is 1. The van der Waals surface area contributed by atoms with E-state index in [2.05, 4.69) is 10.3 Å². The third kappa shape index (κ3) is 4.20. The largest absolute Gasteiger partial charge is 0.480 e. The number of aromatic nitrogens is 1. The lowest BCUT2D eigenvalue weighted by atomic mass is 10.2. The molecule has 0 spiro atoms. The topological polar surface area (TPSA) is 51.2 Å². The second kappa shape index (κ2) is 7.09. The van der Waals surface area contributed by atoms with Crippen LogP contribution >= 0.6 is 11.6 Å². The van der Waals surface area contributed by atoms with Gasteiger partial charge in [0.1, 0.15) is 11.6 Å². The summed E-state index contributed by atoms with van der Waals surface area (Å²) in [6.45, 7) is 3.85. The Morgan fingerprint density at radius 2 is 2.10 bits per heavy atom. The van der Waals surface area contributed by atoms with Crippen LogP contribution in [0.2, 0.25) is 5.02 Å². The van der Waals surface area contributed by atoms with E-state index in [0.717, 1.165) is 5.56 Å². The fourth-order valence-corrected chi connectivity index (χ4v) is 1.93. The number of anilines is 1. The molecule has 0 saturated heterocycles. The van der Waals surface area contributed by atoms with Crippen molar-refractivity contribution in [3.8, 4) is 5.75 Å². The van der Waals surface area contributed by atoms with Gasteiger partial charge in [0.25, 0.3) is 5.91 Å². The number of pyridine rings is 1. The molecule has 0 unspecified atom stereocenters. The minimum absolute atomic E-state index is 0.226. The fraction of sp³-hybridized carbons (Fsp3) is 0.250. The van der Waals surface area contributed by atoms with Crippen LogP contribution in [-0.2, 0) is 4.79 Å². The summed E-state index contributed by atoms with van der Waals surface area (Å²) in [4.78, 5) is 16.3.